The summed E-state index contributed by atoms with van der Waals surface area (Å²) in [6, 6.07) is 16.6. The molecule has 4 rings (SSSR count). The maximum Gasteiger partial charge on any atom is 0.252 e. The first-order valence-electron chi connectivity index (χ1n) is 10.3. The number of benzene rings is 2. The van der Waals surface area contributed by atoms with Crippen molar-refractivity contribution in [3.05, 3.63) is 84.2 Å². The van der Waals surface area contributed by atoms with E-state index in [-0.39, 0.29) is 42.8 Å². The molecular formula is C23H24N4O4S. The zero-order valence-corrected chi connectivity index (χ0v) is 18.5. The van der Waals surface area contributed by atoms with E-state index in [4.69, 9.17) is 0 Å². The Bertz CT molecular complexity index is 1200. The number of Topliss-reactive ketones (excluding diaryl/α,β-unsaturated/α-hetero) is 1. The van der Waals surface area contributed by atoms with Gasteiger partial charge in [-0.2, -0.15) is 9.40 Å². The first-order valence-corrected chi connectivity index (χ1v) is 11.8. The van der Waals surface area contributed by atoms with Crippen molar-refractivity contribution in [2.45, 2.75) is 17.9 Å². The quantitative estimate of drug-likeness (QED) is 0.535. The second kappa shape index (κ2) is 9.05. The van der Waals surface area contributed by atoms with Crippen molar-refractivity contribution in [2.24, 2.45) is 0 Å². The lowest BCUT2D eigenvalue weighted by Crippen LogP contribution is -2.52. The van der Waals surface area contributed by atoms with Crippen LogP contribution in [0.5, 0.6) is 0 Å². The van der Waals surface area contributed by atoms with Gasteiger partial charge in [0.15, 0.2) is 11.8 Å². The van der Waals surface area contributed by atoms with E-state index in [2.05, 4.69) is 5.10 Å². The predicted molar refractivity (Wildman–Crippen MR) is 119 cm³/mol. The van der Waals surface area contributed by atoms with Crippen molar-refractivity contribution in [1.29, 1.82) is 0 Å². The van der Waals surface area contributed by atoms with Crippen LogP contribution in [-0.2, 0) is 14.8 Å². The Morgan fingerprint density at radius 2 is 1.66 bits per heavy atom. The average molecular weight is 453 g/mol. The van der Waals surface area contributed by atoms with Gasteiger partial charge in [0.2, 0.25) is 10.0 Å². The van der Waals surface area contributed by atoms with Crippen LogP contribution in [0, 0.1) is 0 Å². The minimum absolute atomic E-state index is 0.0867. The molecule has 8 nitrogen and oxygen atoms in total. The molecule has 32 heavy (non-hydrogen) atoms. The third kappa shape index (κ3) is 4.35. The van der Waals surface area contributed by atoms with Crippen LogP contribution in [0.15, 0.2) is 78.0 Å². The number of hydrogen-bond donors (Lipinski definition) is 0. The largest absolute Gasteiger partial charge is 0.338 e. The maximum absolute atomic E-state index is 13.4. The van der Waals surface area contributed by atoms with Crippen LogP contribution in [-0.4, -0.2) is 65.3 Å². The molecule has 1 aliphatic rings. The van der Waals surface area contributed by atoms with Crippen LogP contribution in [0.4, 0.5) is 0 Å². The van der Waals surface area contributed by atoms with Crippen LogP contribution in [0.1, 0.15) is 28.9 Å². The first kappa shape index (κ1) is 21.9. The van der Waals surface area contributed by atoms with E-state index in [1.165, 1.54) is 23.4 Å². The Balaban J connectivity index is 1.51. The summed E-state index contributed by atoms with van der Waals surface area (Å²) in [5.41, 5.74) is 1.17. The fraction of sp³-hybridized carbons (Fsp3) is 0.261. The van der Waals surface area contributed by atoms with Gasteiger partial charge >= 0.3 is 0 Å². The van der Waals surface area contributed by atoms with Crippen molar-refractivity contribution in [3.8, 4) is 0 Å². The van der Waals surface area contributed by atoms with Gasteiger partial charge in [0, 0.05) is 44.1 Å². The van der Waals surface area contributed by atoms with E-state index >= 15 is 0 Å². The molecule has 1 aromatic heterocycles. The summed E-state index contributed by atoms with van der Waals surface area (Å²) in [4.78, 5) is 26.8. The second-order valence-corrected chi connectivity index (χ2v) is 9.55. The summed E-state index contributed by atoms with van der Waals surface area (Å²) < 4.78 is 29.1. The highest BCUT2D eigenvalue weighted by Gasteiger charge is 2.34. The number of nitrogens with zero attached hydrogens (tertiary/aromatic N) is 4. The van der Waals surface area contributed by atoms with Gasteiger partial charge in [-0.15, -0.1) is 0 Å². The van der Waals surface area contributed by atoms with Gasteiger partial charge in [0.05, 0.1) is 4.90 Å². The molecule has 0 N–H and O–H groups in total. The van der Waals surface area contributed by atoms with Crippen molar-refractivity contribution >= 4 is 21.7 Å². The minimum Gasteiger partial charge on any atom is -0.338 e. The van der Waals surface area contributed by atoms with Gasteiger partial charge in [-0.25, -0.2) is 8.42 Å². The number of ketones is 1. The third-order valence-corrected chi connectivity index (χ3v) is 7.46. The normalized spacial score (nSPS) is 16.0. The monoisotopic (exact) mass is 452 g/mol. The molecule has 0 spiro atoms. The number of carbonyl (C=O) groups is 2. The van der Waals surface area contributed by atoms with Crippen molar-refractivity contribution < 1.29 is 18.0 Å². The molecular weight excluding hydrogens is 428 g/mol. The van der Waals surface area contributed by atoms with E-state index in [9.17, 15) is 18.0 Å². The van der Waals surface area contributed by atoms with Gasteiger partial charge in [-0.05, 0) is 30.7 Å². The lowest BCUT2D eigenvalue weighted by molar-refractivity contribution is -0.135. The second-order valence-electron chi connectivity index (χ2n) is 7.61. The molecule has 0 radical (unpaired) electrons. The SMILES string of the molecule is CC(=O)c1cccc(S(=O)(=O)N2CCN(C(=O)C(c3ccccc3)n3cccn3)CC2)c1. The number of rotatable bonds is 6. The Labute approximate surface area is 187 Å². The topological polar surface area (TPSA) is 92.6 Å². The molecule has 166 valence electrons. The predicted octanol–water partition coefficient (Wildman–Crippen LogP) is 2.21. The molecule has 2 aromatic carbocycles. The van der Waals surface area contributed by atoms with Crippen LogP contribution in [0.2, 0.25) is 0 Å². The summed E-state index contributed by atoms with van der Waals surface area (Å²) in [5.74, 6) is -0.321. The van der Waals surface area contributed by atoms with E-state index in [1.54, 1.807) is 40.2 Å². The molecule has 0 aliphatic carbocycles. The molecule has 1 amide bonds. The number of carbonyl (C=O) groups excluding carboxylic acids is 2. The van der Waals surface area contributed by atoms with Crippen LogP contribution >= 0.6 is 0 Å². The molecule has 1 unspecified atom stereocenters. The molecule has 2 heterocycles. The number of aromatic nitrogens is 2. The zero-order valence-electron chi connectivity index (χ0n) is 17.7. The van der Waals surface area contributed by atoms with Crippen LogP contribution in [0.3, 0.4) is 0 Å². The standard InChI is InChI=1S/C23H24N4O4S/c1-18(28)20-9-5-10-21(17-20)32(30,31)26-15-13-25(14-16-26)23(29)22(27-12-6-11-24-27)19-7-3-2-4-8-19/h2-12,17,22H,13-16H2,1H3. The molecule has 1 saturated heterocycles. The van der Waals surface area contributed by atoms with Crippen molar-refractivity contribution in [3.63, 3.8) is 0 Å². The summed E-state index contributed by atoms with van der Waals surface area (Å²) in [6.45, 7) is 2.31. The Kier molecular flexibility index (Phi) is 6.20. The first-order chi connectivity index (χ1) is 15.4. The Morgan fingerprint density at radius 1 is 0.938 bits per heavy atom. The van der Waals surface area contributed by atoms with Gasteiger partial charge in [0.25, 0.3) is 5.91 Å². The Hall–Kier alpha value is -3.30. The molecule has 3 aromatic rings. The molecule has 1 fully saturated rings. The molecule has 0 saturated carbocycles. The highest BCUT2D eigenvalue weighted by atomic mass is 32.2. The lowest BCUT2D eigenvalue weighted by Gasteiger charge is -2.36. The van der Waals surface area contributed by atoms with Crippen molar-refractivity contribution in [1.82, 2.24) is 19.0 Å². The average Bonchev–Trinajstić information content (AvgIpc) is 3.34. The Morgan fingerprint density at radius 3 is 2.28 bits per heavy atom. The summed E-state index contributed by atoms with van der Waals surface area (Å²) >= 11 is 0. The lowest BCUT2D eigenvalue weighted by atomic mass is 10.1. The van der Waals surface area contributed by atoms with Gasteiger partial charge in [-0.3, -0.25) is 14.3 Å². The van der Waals surface area contributed by atoms with E-state index in [1.807, 2.05) is 30.3 Å². The number of sulfonamides is 1. The molecule has 0 bridgehead atoms. The number of amides is 1. The molecule has 1 aliphatic heterocycles. The van der Waals surface area contributed by atoms with Crippen LogP contribution < -0.4 is 0 Å². The highest BCUT2D eigenvalue weighted by Crippen LogP contribution is 2.23. The van der Waals surface area contributed by atoms with E-state index in [0.29, 0.717) is 5.56 Å². The highest BCUT2D eigenvalue weighted by molar-refractivity contribution is 7.89. The molecule has 9 heteroatoms. The maximum atomic E-state index is 13.4. The van der Waals surface area contributed by atoms with Crippen LogP contribution in [0.25, 0.3) is 0 Å². The summed E-state index contributed by atoms with van der Waals surface area (Å²) in [7, 11) is -3.76. The van der Waals surface area contributed by atoms with Gasteiger partial charge in [-0.1, -0.05) is 42.5 Å². The fourth-order valence-corrected chi connectivity index (χ4v) is 5.29. The third-order valence-electron chi connectivity index (χ3n) is 5.57. The fourth-order valence-electron chi connectivity index (χ4n) is 3.82. The van der Waals surface area contributed by atoms with Crippen molar-refractivity contribution in [2.75, 3.05) is 26.2 Å². The zero-order chi connectivity index (χ0) is 22.7. The van der Waals surface area contributed by atoms with E-state index in [0.717, 1.165) is 5.56 Å². The molecule has 1 atom stereocenters. The summed E-state index contributed by atoms with van der Waals surface area (Å²) in [5, 5.41) is 4.26. The van der Waals surface area contributed by atoms with Gasteiger partial charge in [0.1, 0.15) is 0 Å². The van der Waals surface area contributed by atoms with Gasteiger partial charge < -0.3 is 4.90 Å². The number of hydrogen-bond acceptors (Lipinski definition) is 5. The summed E-state index contributed by atoms with van der Waals surface area (Å²) in [6.07, 6.45) is 3.38. The number of piperazine rings is 1. The smallest absolute Gasteiger partial charge is 0.252 e. The minimum atomic E-state index is -3.76. The van der Waals surface area contributed by atoms with E-state index < -0.39 is 16.1 Å².